The van der Waals surface area contributed by atoms with Crippen molar-refractivity contribution in [3.63, 3.8) is 0 Å². The summed E-state index contributed by atoms with van der Waals surface area (Å²) in [6, 6.07) is 0. The highest BCUT2D eigenvalue weighted by Gasteiger charge is 2.53. The maximum absolute atomic E-state index is 12.2. The zero-order valence-electron chi connectivity index (χ0n) is 9.96. The van der Waals surface area contributed by atoms with Gasteiger partial charge in [-0.3, -0.25) is 9.59 Å². The van der Waals surface area contributed by atoms with Crippen LogP contribution < -0.4 is 0 Å². The zero-order valence-corrected chi connectivity index (χ0v) is 10.8. The van der Waals surface area contributed by atoms with Crippen molar-refractivity contribution in [2.45, 2.75) is 24.8 Å². The van der Waals surface area contributed by atoms with Gasteiger partial charge in [0, 0.05) is 6.42 Å². The predicted octanol–water partition coefficient (Wildman–Crippen LogP) is 1.11. The van der Waals surface area contributed by atoms with E-state index in [0.717, 1.165) is 0 Å². The number of halogens is 3. The van der Waals surface area contributed by atoms with Crippen molar-refractivity contribution < 1.29 is 35.5 Å². The second-order valence-corrected chi connectivity index (χ2v) is 6.00. The molecule has 1 fully saturated rings. The molecule has 1 saturated heterocycles. The molecule has 0 aromatic rings. The minimum atomic E-state index is -6.03. The van der Waals surface area contributed by atoms with Crippen LogP contribution in [0.3, 0.4) is 0 Å². The van der Waals surface area contributed by atoms with Crippen LogP contribution in [0.25, 0.3) is 0 Å². The highest BCUT2D eigenvalue weighted by atomic mass is 32.2. The first-order chi connectivity index (χ1) is 9.13. The Kier molecular flexibility index (Phi) is 3.63. The third kappa shape index (κ3) is 2.57. The third-order valence-electron chi connectivity index (χ3n) is 3.16. The van der Waals surface area contributed by atoms with E-state index in [1.807, 2.05) is 0 Å². The molecular formula is C10H10F3NO5S. The molecule has 2 amide bonds. The average Bonchev–Trinajstić information content (AvgIpc) is 2.91. The van der Waals surface area contributed by atoms with Crippen LogP contribution in [0.1, 0.15) is 19.3 Å². The number of hydroxylamine groups is 2. The van der Waals surface area contributed by atoms with Gasteiger partial charge in [0.05, 0.1) is 5.92 Å². The van der Waals surface area contributed by atoms with Crippen LogP contribution in [-0.2, 0) is 24.0 Å². The molecule has 1 aliphatic carbocycles. The van der Waals surface area contributed by atoms with E-state index in [-0.39, 0.29) is 17.4 Å². The second kappa shape index (κ2) is 4.85. The van der Waals surface area contributed by atoms with E-state index in [2.05, 4.69) is 4.28 Å². The molecule has 1 heterocycles. The molecule has 10 heteroatoms. The Morgan fingerprint density at radius 2 is 1.95 bits per heavy atom. The van der Waals surface area contributed by atoms with Crippen molar-refractivity contribution in [3.05, 3.63) is 12.2 Å². The van der Waals surface area contributed by atoms with Crippen molar-refractivity contribution in [1.82, 2.24) is 5.06 Å². The molecule has 112 valence electrons. The maximum atomic E-state index is 12.2. The Morgan fingerprint density at radius 3 is 2.45 bits per heavy atom. The predicted molar refractivity (Wildman–Crippen MR) is 57.9 cm³/mol. The third-order valence-corrected chi connectivity index (χ3v) is 4.07. The molecular weight excluding hydrogens is 303 g/mol. The normalized spacial score (nSPS) is 27.6. The number of imide groups is 1. The van der Waals surface area contributed by atoms with Gasteiger partial charge in [-0.05, 0) is 18.8 Å². The highest BCUT2D eigenvalue weighted by Crippen LogP contribution is 2.35. The molecule has 2 aliphatic rings. The lowest BCUT2D eigenvalue weighted by Crippen LogP contribution is -2.38. The Labute approximate surface area is 112 Å². The molecule has 0 aromatic heterocycles. The van der Waals surface area contributed by atoms with Crippen LogP contribution in [0.5, 0.6) is 0 Å². The number of alkyl halides is 3. The Bertz CT molecular complexity index is 568. The number of amides is 2. The average molecular weight is 313 g/mol. The molecule has 2 rings (SSSR count). The van der Waals surface area contributed by atoms with E-state index >= 15 is 0 Å². The molecule has 2 unspecified atom stereocenters. The van der Waals surface area contributed by atoms with Gasteiger partial charge in [0.15, 0.2) is 0 Å². The van der Waals surface area contributed by atoms with Gasteiger partial charge >= 0.3 is 15.6 Å². The number of nitrogens with zero attached hydrogens (tertiary/aromatic N) is 1. The summed E-state index contributed by atoms with van der Waals surface area (Å²) in [5.74, 6) is -3.30. The first kappa shape index (κ1) is 15.0. The summed E-state index contributed by atoms with van der Waals surface area (Å²) in [6.07, 6.45) is 4.41. The van der Waals surface area contributed by atoms with Crippen LogP contribution in [0.15, 0.2) is 12.2 Å². The summed E-state index contributed by atoms with van der Waals surface area (Å²) in [6.45, 7) is 0. The lowest BCUT2D eigenvalue weighted by atomic mass is 9.90. The van der Waals surface area contributed by atoms with E-state index in [0.29, 0.717) is 12.8 Å². The zero-order chi connectivity index (χ0) is 15.1. The minimum Gasteiger partial charge on any atom is -0.272 e. The number of allylic oxidation sites excluding steroid dienone is 2. The Hall–Kier alpha value is -1.42. The second-order valence-electron chi connectivity index (χ2n) is 4.48. The quantitative estimate of drug-likeness (QED) is 0.443. The summed E-state index contributed by atoms with van der Waals surface area (Å²) in [5, 5.41) is -0.292. The summed E-state index contributed by atoms with van der Waals surface area (Å²) >= 11 is 0. The fourth-order valence-electron chi connectivity index (χ4n) is 2.18. The Balaban J connectivity index is 2.16. The fourth-order valence-corrected chi connectivity index (χ4v) is 2.61. The first-order valence-corrected chi connectivity index (χ1v) is 7.08. The van der Waals surface area contributed by atoms with Crippen molar-refractivity contribution in [2.24, 2.45) is 11.8 Å². The van der Waals surface area contributed by atoms with Gasteiger partial charge in [-0.1, -0.05) is 12.2 Å². The van der Waals surface area contributed by atoms with E-state index < -0.39 is 33.4 Å². The molecule has 20 heavy (non-hydrogen) atoms. The van der Waals surface area contributed by atoms with Crippen LogP contribution in [-0.4, -0.2) is 30.8 Å². The standard InChI is InChI=1S/C10H10F3NO5S/c11-10(12,13)20(17,18)19-14-8(15)5-7(9(14)16)6-3-1-2-4-6/h1,3,6-7H,2,4-5H2. The van der Waals surface area contributed by atoms with E-state index in [4.69, 9.17) is 0 Å². The van der Waals surface area contributed by atoms with Crippen LogP contribution in [0.2, 0.25) is 0 Å². The minimum absolute atomic E-state index is 0.284. The molecule has 6 nitrogen and oxygen atoms in total. The number of carbonyl (C=O) groups is 2. The highest BCUT2D eigenvalue weighted by molar-refractivity contribution is 7.87. The van der Waals surface area contributed by atoms with Gasteiger partial charge in [0.1, 0.15) is 0 Å². The van der Waals surface area contributed by atoms with Gasteiger partial charge in [-0.15, -0.1) is 9.35 Å². The van der Waals surface area contributed by atoms with Crippen molar-refractivity contribution in [1.29, 1.82) is 0 Å². The number of rotatable bonds is 3. The van der Waals surface area contributed by atoms with Gasteiger partial charge in [-0.2, -0.15) is 21.6 Å². The van der Waals surface area contributed by atoms with Gasteiger partial charge < -0.3 is 0 Å². The smallest absolute Gasteiger partial charge is 0.272 e. The monoisotopic (exact) mass is 313 g/mol. The summed E-state index contributed by atoms with van der Waals surface area (Å²) in [7, 11) is -6.03. The van der Waals surface area contributed by atoms with Gasteiger partial charge in [0.2, 0.25) is 0 Å². The summed E-state index contributed by atoms with van der Waals surface area (Å²) in [5.41, 5.74) is -5.70. The van der Waals surface area contributed by atoms with Crippen molar-refractivity contribution in [3.8, 4) is 0 Å². The first-order valence-electron chi connectivity index (χ1n) is 5.68. The fraction of sp³-hybridized carbons (Fsp3) is 0.600. The van der Waals surface area contributed by atoms with Crippen LogP contribution in [0.4, 0.5) is 13.2 Å². The molecule has 0 saturated carbocycles. The lowest BCUT2D eigenvalue weighted by molar-refractivity contribution is -0.168. The summed E-state index contributed by atoms with van der Waals surface area (Å²) in [4.78, 5) is 23.3. The van der Waals surface area contributed by atoms with Gasteiger partial charge in [-0.25, -0.2) is 0 Å². The van der Waals surface area contributed by atoms with E-state index in [1.54, 1.807) is 12.2 Å². The van der Waals surface area contributed by atoms with E-state index in [9.17, 15) is 31.2 Å². The molecule has 0 spiro atoms. The number of hydrogen-bond donors (Lipinski definition) is 0. The van der Waals surface area contributed by atoms with Crippen LogP contribution >= 0.6 is 0 Å². The Morgan fingerprint density at radius 1 is 1.30 bits per heavy atom. The van der Waals surface area contributed by atoms with E-state index in [1.165, 1.54) is 0 Å². The number of carbonyl (C=O) groups excluding carboxylic acids is 2. The van der Waals surface area contributed by atoms with Crippen molar-refractivity contribution in [2.75, 3.05) is 0 Å². The largest absolute Gasteiger partial charge is 0.525 e. The van der Waals surface area contributed by atoms with Crippen molar-refractivity contribution >= 4 is 21.9 Å². The molecule has 0 aromatic carbocycles. The molecule has 0 radical (unpaired) electrons. The SMILES string of the molecule is O=C1CC(C2C=CCC2)C(=O)N1OS(=O)(=O)C(F)(F)F. The topological polar surface area (TPSA) is 80.8 Å². The maximum Gasteiger partial charge on any atom is 0.525 e. The molecule has 2 atom stereocenters. The molecule has 0 bridgehead atoms. The lowest BCUT2D eigenvalue weighted by Gasteiger charge is -2.16. The summed E-state index contributed by atoms with van der Waals surface area (Å²) < 4.78 is 61.8. The van der Waals surface area contributed by atoms with Crippen LogP contribution in [0, 0.1) is 11.8 Å². The number of hydrogen-bond acceptors (Lipinski definition) is 5. The molecule has 1 aliphatic heterocycles. The van der Waals surface area contributed by atoms with Gasteiger partial charge in [0.25, 0.3) is 11.8 Å². The molecule has 0 N–H and O–H groups in total.